The standard InChI is InChI=1S/C15H28N2O2/c1-3-14(15(18)17-8-10-19-11-9-17)16-12(2)13-6-4-5-7-13/h12-14,16H,3-11H2,1-2H3. The van der Waals surface area contributed by atoms with Crippen LogP contribution in [0.15, 0.2) is 0 Å². The van der Waals surface area contributed by atoms with Crippen molar-refractivity contribution in [1.29, 1.82) is 0 Å². The molecule has 2 fully saturated rings. The number of morpholine rings is 1. The monoisotopic (exact) mass is 268 g/mol. The first-order valence-electron chi connectivity index (χ1n) is 7.85. The lowest BCUT2D eigenvalue weighted by Gasteiger charge is -2.32. The summed E-state index contributed by atoms with van der Waals surface area (Å²) in [6.07, 6.45) is 6.20. The quantitative estimate of drug-likeness (QED) is 0.826. The molecule has 2 unspecified atom stereocenters. The van der Waals surface area contributed by atoms with E-state index in [0.29, 0.717) is 19.3 Å². The van der Waals surface area contributed by atoms with E-state index in [1.807, 2.05) is 4.90 Å². The third kappa shape index (κ3) is 3.93. The van der Waals surface area contributed by atoms with Crippen LogP contribution in [0.3, 0.4) is 0 Å². The van der Waals surface area contributed by atoms with E-state index in [-0.39, 0.29) is 11.9 Å². The predicted octanol–water partition coefficient (Wildman–Crippen LogP) is 1.79. The molecule has 110 valence electrons. The van der Waals surface area contributed by atoms with Gasteiger partial charge >= 0.3 is 0 Å². The molecule has 0 aromatic carbocycles. The molecule has 1 saturated heterocycles. The highest BCUT2D eigenvalue weighted by atomic mass is 16.5. The van der Waals surface area contributed by atoms with Crippen LogP contribution >= 0.6 is 0 Å². The second kappa shape index (κ2) is 7.25. The topological polar surface area (TPSA) is 41.6 Å². The number of rotatable bonds is 5. The summed E-state index contributed by atoms with van der Waals surface area (Å²) in [7, 11) is 0. The van der Waals surface area contributed by atoms with Crippen molar-refractivity contribution in [3.8, 4) is 0 Å². The highest BCUT2D eigenvalue weighted by Gasteiger charge is 2.28. The van der Waals surface area contributed by atoms with Gasteiger partial charge in [0.05, 0.1) is 19.3 Å². The Bertz CT molecular complexity index is 284. The zero-order chi connectivity index (χ0) is 13.7. The van der Waals surface area contributed by atoms with Crippen LogP contribution in [0.1, 0.15) is 46.0 Å². The Labute approximate surface area is 116 Å². The minimum Gasteiger partial charge on any atom is -0.378 e. The van der Waals surface area contributed by atoms with E-state index in [1.165, 1.54) is 25.7 Å². The fraction of sp³-hybridized carbons (Fsp3) is 0.933. The molecular weight excluding hydrogens is 240 g/mol. The van der Waals surface area contributed by atoms with Crippen LogP contribution < -0.4 is 5.32 Å². The van der Waals surface area contributed by atoms with Crippen LogP contribution in [0.25, 0.3) is 0 Å². The van der Waals surface area contributed by atoms with Crippen LogP contribution in [-0.4, -0.2) is 49.2 Å². The van der Waals surface area contributed by atoms with Crippen molar-refractivity contribution in [2.45, 2.75) is 58.0 Å². The second-order valence-electron chi connectivity index (χ2n) is 5.90. The molecule has 1 aliphatic carbocycles. The van der Waals surface area contributed by atoms with Crippen molar-refractivity contribution >= 4 is 5.91 Å². The molecular formula is C15H28N2O2. The molecule has 1 saturated carbocycles. The highest BCUT2D eigenvalue weighted by Crippen LogP contribution is 2.27. The van der Waals surface area contributed by atoms with Crippen LogP contribution in [0.2, 0.25) is 0 Å². The maximum absolute atomic E-state index is 12.5. The number of hydrogen-bond acceptors (Lipinski definition) is 3. The van der Waals surface area contributed by atoms with Gasteiger partial charge < -0.3 is 15.0 Å². The summed E-state index contributed by atoms with van der Waals surface area (Å²) in [4.78, 5) is 14.4. The van der Waals surface area contributed by atoms with E-state index in [4.69, 9.17) is 4.74 Å². The lowest BCUT2D eigenvalue weighted by Crippen LogP contribution is -2.53. The van der Waals surface area contributed by atoms with Gasteiger partial charge in [0.2, 0.25) is 5.91 Å². The average Bonchev–Trinajstić information content (AvgIpc) is 2.99. The number of ether oxygens (including phenoxy) is 1. The number of carbonyl (C=O) groups excluding carboxylic acids is 1. The molecule has 19 heavy (non-hydrogen) atoms. The smallest absolute Gasteiger partial charge is 0.239 e. The number of carbonyl (C=O) groups is 1. The van der Waals surface area contributed by atoms with Crippen LogP contribution in [0, 0.1) is 5.92 Å². The average molecular weight is 268 g/mol. The van der Waals surface area contributed by atoms with Gasteiger partial charge in [0, 0.05) is 19.1 Å². The largest absolute Gasteiger partial charge is 0.378 e. The molecule has 0 bridgehead atoms. The van der Waals surface area contributed by atoms with E-state index in [0.717, 1.165) is 25.4 Å². The van der Waals surface area contributed by atoms with Crippen LogP contribution in [0.4, 0.5) is 0 Å². The minimum atomic E-state index is -0.0197. The summed E-state index contributed by atoms with van der Waals surface area (Å²) in [6.45, 7) is 7.19. The Morgan fingerprint density at radius 3 is 2.53 bits per heavy atom. The SMILES string of the molecule is CCC(NC(C)C1CCCC1)C(=O)N1CCOCC1. The Kier molecular flexibility index (Phi) is 5.64. The molecule has 1 amide bonds. The van der Waals surface area contributed by atoms with Gasteiger partial charge in [-0.2, -0.15) is 0 Å². The van der Waals surface area contributed by atoms with E-state index in [1.54, 1.807) is 0 Å². The fourth-order valence-electron chi connectivity index (χ4n) is 3.28. The molecule has 2 rings (SSSR count). The Morgan fingerprint density at radius 2 is 1.95 bits per heavy atom. The molecule has 0 spiro atoms. The van der Waals surface area contributed by atoms with Crippen molar-refractivity contribution in [2.24, 2.45) is 5.92 Å². The molecule has 1 aliphatic heterocycles. The molecule has 2 aliphatic rings. The number of nitrogens with zero attached hydrogens (tertiary/aromatic N) is 1. The number of amides is 1. The van der Waals surface area contributed by atoms with Gasteiger partial charge in [0.25, 0.3) is 0 Å². The van der Waals surface area contributed by atoms with Gasteiger partial charge in [-0.3, -0.25) is 4.79 Å². The molecule has 0 aromatic rings. The molecule has 4 nitrogen and oxygen atoms in total. The first kappa shape index (κ1) is 14.8. The van der Waals surface area contributed by atoms with Crippen LogP contribution in [0.5, 0.6) is 0 Å². The van der Waals surface area contributed by atoms with Gasteiger partial charge in [0.1, 0.15) is 0 Å². The molecule has 0 aromatic heterocycles. The van der Waals surface area contributed by atoms with E-state index < -0.39 is 0 Å². The summed E-state index contributed by atoms with van der Waals surface area (Å²) in [6, 6.07) is 0.436. The lowest BCUT2D eigenvalue weighted by molar-refractivity contribution is -0.137. The van der Waals surface area contributed by atoms with Crippen molar-refractivity contribution < 1.29 is 9.53 Å². The lowest BCUT2D eigenvalue weighted by atomic mass is 9.98. The molecule has 0 radical (unpaired) electrons. The molecule has 2 atom stereocenters. The molecule has 1 heterocycles. The third-order valence-corrected chi connectivity index (χ3v) is 4.60. The second-order valence-corrected chi connectivity index (χ2v) is 5.90. The van der Waals surface area contributed by atoms with Gasteiger partial charge in [-0.1, -0.05) is 19.8 Å². The van der Waals surface area contributed by atoms with Crippen molar-refractivity contribution in [2.75, 3.05) is 26.3 Å². The summed E-state index contributed by atoms with van der Waals surface area (Å²) in [5.41, 5.74) is 0. The van der Waals surface area contributed by atoms with Crippen molar-refractivity contribution in [3.05, 3.63) is 0 Å². The summed E-state index contributed by atoms with van der Waals surface area (Å²) in [5.74, 6) is 1.02. The van der Waals surface area contributed by atoms with Crippen LogP contribution in [-0.2, 0) is 9.53 Å². The van der Waals surface area contributed by atoms with E-state index in [2.05, 4.69) is 19.2 Å². The fourth-order valence-corrected chi connectivity index (χ4v) is 3.28. The predicted molar refractivity (Wildman–Crippen MR) is 76.0 cm³/mol. The Balaban J connectivity index is 1.85. The summed E-state index contributed by atoms with van der Waals surface area (Å²) < 4.78 is 5.31. The minimum absolute atomic E-state index is 0.0197. The normalized spacial score (nSPS) is 24.4. The van der Waals surface area contributed by atoms with E-state index >= 15 is 0 Å². The van der Waals surface area contributed by atoms with E-state index in [9.17, 15) is 4.79 Å². The Hall–Kier alpha value is -0.610. The molecule has 1 N–H and O–H groups in total. The van der Waals surface area contributed by atoms with Gasteiger partial charge in [-0.25, -0.2) is 0 Å². The third-order valence-electron chi connectivity index (χ3n) is 4.60. The number of nitrogens with one attached hydrogen (secondary N) is 1. The van der Waals surface area contributed by atoms with Crippen molar-refractivity contribution in [1.82, 2.24) is 10.2 Å². The first-order valence-corrected chi connectivity index (χ1v) is 7.85. The zero-order valence-electron chi connectivity index (χ0n) is 12.4. The van der Waals surface area contributed by atoms with Gasteiger partial charge in [0.15, 0.2) is 0 Å². The van der Waals surface area contributed by atoms with Gasteiger partial charge in [-0.05, 0) is 32.1 Å². The summed E-state index contributed by atoms with van der Waals surface area (Å²) >= 11 is 0. The maximum atomic E-state index is 12.5. The zero-order valence-corrected chi connectivity index (χ0v) is 12.4. The van der Waals surface area contributed by atoms with Gasteiger partial charge in [-0.15, -0.1) is 0 Å². The Morgan fingerprint density at radius 1 is 1.32 bits per heavy atom. The maximum Gasteiger partial charge on any atom is 0.239 e. The van der Waals surface area contributed by atoms with Crippen molar-refractivity contribution in [3.63, 3.8) is 0 Å². The highest BCUT2D eigenvalue weighted by molar-refractivity contribution is 5.82. The first-order chi connectivity index (χ1) is 9.22. The summed E-state index contributed by atoms with van der Waals surface area (Å²) in [5, 5.41) is 3.57. The molecule has 4 heteroatoms. The number of hydrogen-bond donors (Lipinski definition) is 1.